The lowest BCUT2D eigenvalue weighted by atomic mass is 10.1. The van der Waals surface area contributed by atoms with Gasteiger partial charge in [-0.3, -0.25) is 9.67 Å². The molecule has 1 aromatic carbocycles. The highest BCUT2D eigenvalue weighted by Gasteiger charge is 2.04. The van der Waals surface area contributed by atoms with Crippen molar-refractivity contribution in [2.45, 2.75) is 13.0 Å². The molecule has 8 heteroatoms. The first-order valence-electron chi connectivity index (χ1n) is 6.81. The Hall–Kier alpha value is -1.96. The summed E-state index contributed by atoms with van der Waals surface area (Å²) in [4.78, 5) is 8.28. The minimum absolute atomic E-state index is 0.252. The van der Waals surface area contributed by atoms with Crippen LogP contribution in [0.3, 0.4) is 0 Å². The molecule has 0 aliphatic heterocycles. The maximum Gasteiger partial charge on any atom is 0.191 e. The van der Waals surface area contributed by atoms with Gasteiger partial charge in [-0.25, -0.2) is 9.37 Å². The highest BCUT2D eigenvalue weighted by Crippen LogP contribution is 2.16. The summed E-state index contributed by atoms with van der Waals surface area (Å²) >= 11 is 3.19. The molecule has 0 amide bonds. The van der Waals surface area contributed by atoms with Gasteiger partial charge in [0.15, 0.2) is 5.96 Å². The Balaban J connectivity index is 1.79. The lowest BCUT2D eigenvalue weighted by Gasteiger charge is -2.11. The van der Waals surface area contributed by atoms with Gasteiger partial charge < -0.3 is 10.6 Å². The van der Waals surface area contributed by atoms with Crippen molar-refractivity contribution in [2.24, 2.45) is 12.0 Å². The molecule has 0 spiro atoms. The van der Waals surface area contributed by atoms with Crippen molar-refractivity contribution in [3.8, 4) is 0 Å². The number of nitrogens with zero attached hydrogens (tertiary/aromatic N) is 4. The first kappa shape index (κ1) is 16.4. The fourth-order valence-electron chi connectivity index (χ4n) is 1.88. The van der Waals surface area contributed by atoms with Crippen LogP contribution in [0.4, 0.5) is 4.39 Å². The molecule has 6 nitrogen and oxygen atoms in total. The number of hydrogen-bond acceptors (Lipinski definition) is 3. The van der Waals surface area contributed by atoms with E-state index in [0.29, 0.717) is 23.5 Å². The topological polar surface area (TPSA) is 67.1 Å². The predicted octanol–water partition coefficient (Wildman–Crippen LogP) is 1.62. The van der Waals surface area contributed by atoms with Crippen molar-refractivity contribution >= 4 is 21.9 Å². The van der Waals surface area contributed by atoms with Crippen molar-refractivity contribution in [1.29, 1.82) is 0 Å². The van der Waals surface area contributed by atoms with E-state index in [1.165, 1.54) is 12.4 Å². The van der Waals surface area contributed by atoms with E-state index < -0.39 is 0 Å². The molecular weight excluding hydrogens is 351 g/mol. The van der Waals surface area contributed by atoms with Gasteiger partial charge in [0, 0.05) is 20.6 Å². The van der Waals surface area contributed by atoms with Gasteiger partial charge >= 0.3 is 0 Å². The summed E-state index contributed by atoms with van der Waals surface area (Å²) in [6.45, 7) is 1.23. The monoisotopic (exact) mass is 368 g/mol. The van der Waals surface area contributed by atoms with Crippen molar-refractivity contribution in [3.05, 3.63) is 46.2 Å². The number of aromatic nitrogens is 3. The van der Waals surface area contributed by atoms with Crippen LogP contribution in [0.25, 0.3) is 0 Å². The lowest BCUT2D eigenvalue weighted by molar-refractivity contribution is 0.620. The van der Waals surface area contributed by atoms with Crippen LogP contribution in [0.15, 0.2) is 34.0 Å². The van der Waals surface area contributed by atoms with Gasteiger partial charge in [-0.1, -0.05) is 6.07 Å². The number of halogens is 2. The Labute approximate surface area is 137 Å². The third-order valence-corrected chi connectivity index (χ3v) is 3.74. The fourth-order valence-corrected chi connectivity index (χ4v) is 2.31. The molecule has 0 atom stereocenters. The third-order valence-electron chi connectivity index (χ3n) is 3.13. The van der Waals surface area contributed by atoms with Crippen LogP contribution in [0, 0.1) is 5.82 Å². The summed E-state index contributed by atoms with van der Waals surface area (Å²) in [7, 11) is 3.55. The Morgan fingerprint density at radius 2 is 2.23 bits per heavy atom. The second-order valence-corrected chi connectivity index (χ2v) is 5.51. The normalized spacial score (nSPS) is 11.5. The predicted molar refractivity (Wildman–Crippen MR) is 87.0 cm³/mol. The third kappa shape index (κ3) is 4.52. The van der Waals surface area contributed by atoms with E-state index in [4.69, 9.17) is 0 Å². The average molecular weight is 369 g/mol. The van der Waals surface area contributed by atoms with Gasteiger partial charge in [0.1, 0.15) is 18.0 Å². The summed E-state index contributed by atoms with van der Waals surface area (Å²) < 4.78 is 15.4. The van der Waals surface area contributed by atoms with E-state index in [2.05, 4.69) is 41.6 Å². The highest BCUT2D eigenvalue weighted by molar-refractivity contribution is 9.10. The summed E-state index contributed by atoms with van der Waals surface area (Å²) in [5.74, 6) is 1.26. The zero-order valence-corrected chi connectivity index (χ0v) is 14.1. The van der Waals surface area contributed by atoms with Crippen LogP contribution in [-0.4, -0.2) is 34.3 Å². The molecule has 2 aromatic rings. The number of guanidine groups is 1. The van der Waals surface area contributed by atoms with Crippen LogP contribution in [0.1, 0.15) is 11.4 Å². The second-order valence-electron chi connectivity index (χ2n) is 4.65. The number of benzene rings is 1. The van der Waals surface area contributed by atoms with Crippen LogP contribution in [0.2, 0.25) is 0 Å². The first-order valence-corrected chi connectivity index (χ1v) is 7.60. The second kappa shape index (κ2) is 7.88. The molecule has 118 valence electrons. The van der Waals surface area contributed by atoms with E-state index in [1.54, 1.807) is 23.9 Å². The molecule has 0 aliphatic carbocycles. The van der Waals surface area contributed by atoms with Crippen LogP contribution in [0.5, 0.6) is 0 Å². The molecule has 1 aromatic heterocycles. The molecule has 0 radical (unpaired) electrons. The maximum absolute atomic E-state index is 13.2. The van der Waals surface area contributed by atoms with E-state index in [1.807, 2.05) is 7.05 Å². The van der Waals surface area contributed by atoms with Gasteiger partial charge in [0.2, 0.25) is 0 Å². The Morgan fingerprint density at radius 1 is 1.41 bits per heavy atom. The minimum atomic E-state index is -0.252. The number of hydrogen-bond donors (Lipinski definition) is 2. The van der Waals surface area contributed by atoms with Crippen LogP contribution >= 0.6 is 15.9 Å². The molecule has 2 N–H and O–H groups in total. The molecule has 2 rings (SSSR count). The van der Waals surface area contributed by atoms with Crippen molar-refractivity contribution in [3.63, 3.8) is 0 Å². The van der Waals surface area contributed by atoms with E-state index in [9.17, 15) is 4.39 Å². The number of rotatable bonds is 5. The van der Waals surface area contributed by atoms with Gasteiger partial charge in [0.25, 0.3) is 0 Å². The summed E-state index contributed by atoms with van der Waals surface area (Å²) in [5.41, 5.74) is 1.05. The molecule has 0 unspecified atom stereocenters. The molecule has 1 heterocycles. The molecule has 22 heavy (non-hydrogen) atoms. The first-order chi connectivity index (χ1) is 10.6. The minimum Gasteiger partial charge on any atom is -0.356 e. The fraction of sp³-hybridized carbons (Fsp3) is 0.357. The Morgan fingerprint density at radius 3 is 2.86 bits per heavy atom. The maximum atomic E-state index is 13.2. The SMILES string of the molecule is CN=C(NCCc1ccc(F)c(Br)c1)NCc1ncnn1C. The highest BCUT2D eigenvalue weighted by atomic mass is 79.9. The summed E-state index contributed by atoms with van der Waals surface area (Å²) in [6.07, 6.45) is 2.28. The smallest absolute Gasteiger partial charge is 0.191 e. The van der Waals surface area contributed by atoms with Crippen LogP contribution < -0.4 is 10.6 Å². The zero-order valence-electron chi connectivity index (χ0n) is 12.5. The van der Waals surface area contributed by atoms with Crippen molar-refractivity contribution < 1.29 is 4.39 Å². The largest absolute Gasteiger partial charge is 0.356 e. The van der Waals surface area contributed by atoms with Crippen molar-refractivity contribution in [2.75, 3.05) is 13.6 Å². The van der Waals surface area contributed by atoms with Gasteiger partial charge in [-0.05, 0) is 40.0 Å². The molecule has 0 saturated carbocycles. The lowest BCUT2D eigenvalue weighted by Crippen LogP contribution is -2.38. The Bertz CT molecular complexity index is 655. The zero-order chi connectivity index (χ0) is 15.9. The molecule has 0 aliphatic rings. The molecular formula is C14H18BrFN6. The standard InChI is InChI=1S/C14H18BrFN6/c1-17-14(19-8-13-20-9-21-22(13)2)18-6-5-10-3-4-12(16)11(15)7-10/h3-4,7,9H,5-6,8H2,1-2H3,(H2,17,18,19). The van der Waals surface area contributed by atoms with Gasteiger partial charge in [0.05, 0.1) is 11.0 Å². The van der Waals surface area contributed by atoms with Crippen LogP contribution in [-0.2, 0) is 20.0 Å². The van der Waals surface area contributed by atoms with Crippen molar-refractivity contribution in [1.82, 2.24) is 25.4 Å². The number of aliphatic imine (C=N–C) groups is 1. The quantitative estimate of drug-likeness (QED) is 0.621. The van der Waals surface area contributed by atoms with Gasteiger partial charge in [-0.15, -0.1) is 0 Å². The molecule has 0 saturated heterocycles. The number of aryl methyl sites for hydroxylation is 1. The van der Waals surface area contributed by atoms with E-state index >= 15 is 0 Å². The van der Waals surface area contributed by atoms with E-state index in [-0.39, 0.29) is 5.82 Å². The summed E-state index contributed by atoms with van der Waals surface area (Å²) in [6, 6.07) is 5.02. The number of nitrogens with one attached hydrogen (secondary N) is 2. The Kier molecular flexibility index (Phi) is 5.88. The summed E-state index contributed by atoms with van der Waals surface area (Å²) in [5, 5.41) is 10.4. The van der Waals surface area contributed by atoms with E-state index in [0.717, 1.165) is 17.8 Å². The molecule has 0 bridgehead atoms. The average Bonchev–Trinajstić information content (AvgIpc) is 2.91. The van der Waals surface area contributed by atoms with Gasteiger partial charge in [-0.2, -0.15) is 5.10 Å². The molecule has 0 fully saturated rings.